The molecule has 32 heavy (non-hydrogen) atoms. The lowest BCUT2D eigenvalue weighted by atomic mass is 9.92. The summed E-state index contributed by atoms with van der Waals surface area (Å²) in [5.41, 5.74) is 10.4. The third-order valence-electron chi connectivity index (χ3n) is 5.96. The lowest BCUT2D eigenvalue weighted by molar-refractivity contribution is 1.19. The van der Waals surface area contributed by atoms with Gasteiger partial charge in [-0.3, -0.25) is 0 Å². The van der Waals surface area contributed by atoms with Crippen LogP contribution in [-0.2, 0) is 12.8 Å². The lowest BCUT2D eigenvalue weighted by Gasteiger charge is -2.12. The SMILES string of the molecule is c1ccc(Cc2ccc(-c3ccccc3-c3ccc(Cc4ccccc4)cc3)cc2)cc1. The molecule has 0 unspecified atom stereocenters. The third kappa shape index (κ3) is 4.71. The zero-order valence-electron chi connectivity index (χ0n) is 18.1. The summed E-state index contributed by atoms with van der Waals surface area (Å²) in [6.07, 6.45) is 1.93. The van der Waals surface area contributed by atoms with E-state index in [1.165, 1.54) is 44.5 Å². The Labute approximate surface area is 190 Å². The molecule has 0 radical (unpaired) electrons. The zero-order chi connectivity index (χ0) is 21.6. The molecule has 0 heteroatoms. The van der Waals surface area contributed by atoms with E-state index in [1.807, 2.05) is 0 Å². The van der Waals surface area contributed by atoms with Crippen molar-refractivity contribution in [3.63, 3.8) is 0 Å². The summed E-state index contributed by atoms with van der Waals surface area (Å²) in [7, 11) is 0. The molecule has 0 aliphatic carbocycles. The van der Waals surface area contributed by atoms with Gasteiger partial charge in [-0.2, -0.15) is 0 Å². The fourth-order valence-corrected chi connectivity index (χ4v) is 4.25. The average molecular weight is 411 g/mol. The van der Waals surface area contributed by atoms with Gasteiger partial charge in [0, 0.05) is 0 Å². The summed E-state index contributed by atoms with van der Waals surface area (Å²) < 4.78 is 0. The number of hydrogen-bond donors (Lipinski definition) is 0. The van der Waals surface area contributed by atoms with Gasteiger partial charge >= 0.3 is 0 Å². The van der Waals surface area contributed by atoms with Gasteiger partial charge in [0.25, 0.3) is 0 Å². The normalized spacial score (nSPS) is 10.8. The van der Waals surface area contributed by atoms with Crippen LogP contribution in [0.2, 0.25) is 0 Å². The maximum atomic E-state index is 2.25. The van der Waals surface area contributed by atoms with E-state index >= 15 is 0 Å². The summed E-state index contributed by atoms with van der Waals surface area (Å²) in [5.74, 6) is 0. The van der Waals surface area contributed by atoms with E-state index in [2.05, 4.69) is 133 Å². The van der Waals surface area contributed by atoms with Crippen molar-refractivity contribution in [2.24, 2.45) is 0 Å². The molecule has 0 aliphatic rings. The van der Waals surface area contributed by atoms with Gasteiger partial charge in [0.15, 0.2) is 0 Å². The Kier molecular flexibility index (Phi) is 5.94. The number of rotatable bonds is 6. The highest BCUT2D eigenvalue weighted by Crippen LogP contribution is 2.32. The molecule has 0 saturated carbocycles. The maximum absolute atomic E-state index is 2.25. The van der Waals surface area contributed by atoms with Crippen molar-refractivity contribution in [2.45, 2.75) is 12.8 Å². The Morgan fingerprint density at radius 3 is 0.969 bits per heavy atom. The van der Waals surface area contributed by atoms with Crippen molar-refractivity contribution in [1.82, 2.24) is 0 Å². The third-order valence-corrected chi connectivity index (χ3v) is 5.96. The number of hydrogen-bond acceptors (Lipinski definition) is 0. The van der Waals surface area contributed by atoms with E-state index in [0.29, 0.717) is 0 Å². The van der Waals surface area contributed by atoms with Crippen molar-refractivity contribution in [3.05, 3.63) is 156 Å². The second-order valence-electron chi connectivity index (χ2n) is 8.26. The molecule has 0 heterocycles. The van der Waals surface area contributed by atoms with Crippen molar-refractivity contribution >= 4 is 0 Å². The maximum Gasteiger partial charge on any atom is -0.00258 e. The minimum atomic E-state index is 0.964. The van der Waals surface area contributed by atoms with Crippen LogP contribution in [0.3, 0.4) is 0 Å². The average Bonchev–Trinajstić information content (AvgIpc) is 2.86. The standard InChI is InChI=1S/C32H26/c1-3-9-25(10-4-1)23-27-15-19-29(20-16-27)31-13-7-8-14-32(31)30-21-17-28(18-22-30)24-26-11-5-2-6-12-26/h1-22H,23-24H2. The highest BCUT2D eigenvalue weighted by atomic mass is 14.1. The second kappa shape index (κ2) is 9.49. The van der Waals surface area contributed by atoms with Gasteiger partial charge in [-0.1, -0.05) is 133 Å². The van der Waals surface area contributed by atoms with Crippen LogP contribution in [0.5, 0.6) is 0 Å². The van der Waals surface area contributed by atoms with E-state index in [1.54, 1.807) is 0 Å². The summed E-state index contributed by atoms with van der Waals surface area (Å²) in [5, 5.41) is 0. The van der Waals surface area contributed by atoms with E-state index in [9.17, 15) is 0 Å². The van der Waals surface area contributed by atoms with E-state index in [0.717, 1.165) is 12.8 Å². The van der Waals surface area contributed by atoms with E-state index < -0.39 is 0 Å². The first-order valence-corrected chi connectivity index (χ1v) is 11.2. The highest BCUT2D eigenvalue weighted by Gasteiger charge is 2.08. The van der Waals surface area contributed by atoms with Crippen LogP contribution < -0.4 is 0 Å². The fraction of sp³-hybridized carbons (Fsp3) is 0.0625. The van der Waals surface area contributed by atoms with Gasteiger partial charge in [-0.05, 0) is 57.3 Å². The van der Waals surface area contributed by atoms with Gasteiger partial charge in [0.05, 0.1) is 0 Å². The molecular weight excluding hydrogens is 384 g/mol. The Balaban J connectivity index is 1.38. The Morgan fingerprint density at radius 2 is 0.594 bits per heavy atom. The van der Waals surface area contributed by atoms with E-state index in [-0.39, 0.29) is 0 Å². The fourth-order valence-electron chi connectivity index (χ4n) is 4.25. The molecule has 0 N–H and O–H groups in total. The van der Waals surface area contributed by atoms with Crippen LogP contribution in [0.15, 0.2) is 133 Å². The van der Waals surface area contributed by atoms with Crippen molar-refractivity contribution < 1.29 is 0 Å². The topological polar surface area (TPSA) is 0 Å². The molecule has 0 atom stereocenters. The minimum absolute atomic E-state index is 0.964. The Hall–Kier alpha value is -3.90. The molecule has 0 aliphatic heterocycles. The molecule has 0 amide bonds. The highest BCUT2D eigenvalue weighted by molar-refractivity contribution is 5.83. The molecule has 0 aromatic heterocycles. The van der Waals surface area contributed by atoms with Crippen molar-refractivity contribution in [1.29, 1.82) is 0 Å². The van der Waals surface area contributed by atoms with Gasteiger partial charge in [0.2, 0.25) is 0 Å². The zero-order valence-corrected chi connectivity index (χ0v) is 18.1. The molecule has 5 aromatic carbocycles. The lowest BCUT2D eigenvalue weighted by Crippen LogP contribution is -1.90. The van der Waals surface area contributed by atoms with Gasteiger partial charge in [0.1, 0.15) is 0 Å². The van der Waals surface area contributed by atoms with Crippen LogP contribution in [0.4, 0.5) is 0 Å². The van der Waals surface area contributed by atoms with Crippen LogP contribution >= 0.6 is 0 Å². The molecule has 0 fully saturated rings. The molecule has 0 saturated heterocycles. The molecule has 0 spiro atoms. The monoisotopic (exact) mass is 410 g/mol. The van der Waals surface area contributed by atoms with Gasteiger partial charge in [-0.25, -0.2) is 0 Å². The minimum Gasteiger partial charge on any atom is -0.0622 e. The van der Waals surface area contributed by atoms with Crippen molar-refractivity contribution in [3.8, 4) is 22.3 Å². The Morgan fingerprint density at radius 1 is 0.281 bits per heavy atom. The molecule has 154 valence electrons. The molecule has 0 bridgehead atoms. The number of benzene rings is 5. The second-order valence-corrected chi connectivity index (χ2v) is 8.26. The first kappa shape index (κ1) is 20.0. The van der Waals surface area contributed by atoms with Crippen molar-refractivity contribution in [2.75, 3.05) is 0 Å². The molecule has 0 nitrogen and oxygen atoms in total. The summed E-state index contributed by atoms with van der Waals surface area (Å²) in [6, 6.07) is 48.0. The molecule has 5 rings (SSSR count). The van der Waals surface area contributed by atoms with Crippen LogP contribution in [-0.4, -0.2) is 0 Å². The smallest absolute Gasteiger partial charge is 0.00258 e. The molecule has 5 aromatic rings. The van der Waals surface area contributed by atoms with Crippen LogP contribution in [0.1, 0.15) is 22.3 Å². The quantitative estimate of drug-likeness (QED) is 0.265. The predicted molar refractivity (Wildman–Crippen MR) is 136 cm³/mol. The van der Waals surface area contributed by atoms with Gasteiger partial charge in [-0.15, -0.1) is 0 Å². The van der Waals surface area contributed by atoms with Crippen LogP contribution in [0.25, 0.3) is 22.3 Å². The van der Waals surface area contributed by atoms with Crippen LogP contribution in [0, 0.1) is 0 Å². The largest absolute Gasteiger partial charge is 0.0622 e. The molecular formula is C32H26. The Bertz CT molecular complexity index is 1160. The summed E-state index contributed by atoms with van der Waals surface area (Å²) in [4.78, 5) is 0. The van der Waals surface area contributed by atoms with E-state index in [4.69, 9.17) is 0 Å². The summed E-state index contributed by atoms with van der Waals surface area (Å²) >= 11 is 0. The first-order chi connectivity index (χ1) is 15.8. The summed E-state index contributed by atoms with van der Waals surface area (Å²) in [6.45, 7) is 0. The first-order valence-electron chi connectivity index (χ1n) is 11.2. The van der Waals surface area contributed by atoms with Gasteiger partial charge < -0.3 is 0 Å². The predicted octanol–water partition coefficient (Wildman–Crippen LogP) is 8.20.